The lowest BCUT2D eigenvalue weighted by molar-refractivity contribution is 0.387. The summed E-state index contributed by atoms with van der Waals surface area (Å²) in [6.07, 6.45) is 4.06. The fourth-order valence-electron chi connectivity index (χ4n) is 2.23. The highest BCUT2D eigenvalue weighted by molar-refractivity contribution is 9.10. The van der Waals surface area contributed by atoms with Crippen molar-refractivity contribution in [2.45, 2.75) is 31.7 Å². The molecule has 0 saturated heterocycles. The Balaban J connectivity index is 2.22. The smallest absolute Gasteiger partial charge is 0.160 e. The summed E-state index contributed by atoms with van der Waals surface area (Å²) < 4.78 is 3.09. The summed E-state index contributed by atoms with van der Waals surface area (Å²) >= 11 is 9.68. The van der Waals surface area contributed by atoms with Gasteiger partial charge in [0.2, 0.25) is 0 Å². The van der Waals surface area contributed by atoms with Gasteiger partial charge in [0.05, 0.1) is 5.38 Å². The molecule has 4 nitrogen and oxygen atoms in total. The Morgan fingerprint density at radius 2 is 2.15 bits per heavy atom. The second-order valence-electron chi connectivity index (χ2n) is 5.24. The van der Waals surface area contributed by atoms with Crippen molar-refractivity contribution in [1.82, 2.24) is 19.4 Å². The first kappa shape index (κ1) is 15.7. The first-order chi connectivity index (χ1) is 9.49. The first-order valence-corrected chi connectivity index (χ1v) is 8.02. The SMILES string of the molecule is CC(Cl)c1nc2cc(Br)cnc2n1CCCCN(C)C. The van der Waals surface area contributed by atoms with Gasteiger partial charge >= 0.3 is 0 Å². The summed E-state index contributed by atoms with van der Waals surface area (Å²) in [7, 11) is 4.19. The van der Waals surface area contributed by atoms with Crippen molar-refractivity contribution < 1.29 is 0 Å². The number of halogens is 2. The maximum atomic E-state index is 6.25. The molecule has 0 aromatic carbocycles. The Hall–Kier alpha value is -0.650. The van der Waals surface area contributed by atoms with Gasteiger partial charge in [0.15, 0.2) is 5.65 Å². The fourth-order valence-corrected chi connectivity index (χ4v) is 2.71. The molecule has 2 rings (SSSR count). The number of aromatic nitrogens is 3. The van der Waals surface area contributed by atoms with Crippen molar-refractivity contribution in [1.29, 1.82) is 0 Å². The molecule has 0 amide bonds. The molecule has 2 heterocycles. The molecule has 110 valence electrons. The van der Waals surface area contributed by atoms with E-state index in [2.05, 4.69) is 49.5 Å². The summed E-state index contributed by atoms with van der Waals surface area (Å²) in [5.74, 6) is 0.900. The van der Waals surface area contributed by atoms with Crippen molar-refractivity contribution >= 4 is 38.7 Å². The van der Waals surface area contributed by atoms with E-state index >= 15 is 0 Å². The lowest BCUT2D eigenvalue weighted by atomic mass is 10.3. The van der Waals surface area contributed by atoms with E-state index < -0.39 is 0 Å². The van der Waals surface area contributed by atoms with Crippen LogP contribution in [0.25, 0.3) is 11.2 Å². The quantitative estimate of drug-likeness (QED) is 0.580. The summed E-state index contributed by atoms with van der Waals surface area (Å²) in [5, 5.41) is -0.114. The van der Waals surface area contributed by atoms with Crippen molar-refractivity contribution in [2.24, 2.45) is 0 Å². The van der Waals surface area contributed by atoms with E-state index in [9.17, 15) is 0 Å². The number of alkyl halides is 1. The van der Waals surface area contributed by atoms with Crippen LogP contribution in [-0.2, 0) is 6.54 Å². The fraction of sp³-hybridized carbons (Fsp3) is 0.571. The molecule has 2 aromatic heterocycles. The van der Waals surface area contributed by atoms with Crippen LogP contribution in [0.15, 0.2) is 16.7 Å². The maximum Gasteiger partial charge on any atom is 0.160 e. The highest BCUT2D eigenvalue weighted by Gasteiger charge is 2.15. The summed E-state index contributed by atoms with van der Waals surface area (Å²) in [4.78, 5) is 11.3. The first-order valence-electron chi connectivity index (χ1n) is 6.79. The average molecular weight is 360 g/mol. The Bertz CT molecular complexity index is 580. The molecule has 0 N–H and O–H groups in total. The molecule has 20 heavy (non-hydrogen) atoms. The topological polar surface area (TPSA) is 34.0 Å². The molecule has 0 bridgehead atoms. The van der Waals surface area contributed by atoms with Gasteiger partial charge in [0, 0.05) is 17.2 Å². The second kappa shape index (κ2) is 6.87. The molecule has 0 saturated carbocycles. The predicted molar refractivity (Wildman–Crippen MR) is 87.3 cm³/mol. The van der Waals surface area contributed by atoms with E-state index in [-0.39, 0.29) is 5.38 Å². The Labute approximate surface area is 133 Å². The minimum atomic E-state index is -0.114. The minimum Gasteiger partial charge on any atom is -0.311 e. The number of aryl methyl sites for hydroxylation is 1. The van der Waals surface area contributed by atoms with Gasteiger partial charge in [0.1, 0.15) is 11.3 Å². The third-order valence-corrected chi connectivity index (χ3v) is 3.80. The van der Waals surface area contributed by atoms with E-state index in [0.717, 1.165) is 47.4 Å². The third-order valence-electron chi connectivity index (χ3n) is 3.17. The molecule has 6 heteroatoms. The molecule has 2 aromatic rings. The van der Waals surface area contributed by atoms with Crippen molar-refractivity contribution in [2.75, 3.05) is 20.6 Å². The van der Waals surface area contributed by atoms with E-state index in [0.29, 0.717) is 0 Å². The standard InChI is InChI=1S/C14H20BrClN4/c1-10(16)13-18-12-8-11(15)9-17-14(12)20(13)7-5-4-6-19(2)3/h8-10H,4-7H2,1-3H3. The Morgan fingerprint density at radius 3 is 2.80 bits per heavy atom. The molecule has 1 unspecified atom stereocenters. The minimum absolute atomic E-state index is 0.114. The zero-order valence-electron chi connectivity index (χ0n) is 12.1. The van der Waals surface area contributed by atoms with Crippen LogP contribution in [0.5, 0.6) is 0 Å². The molecule has 0 fully saturated rings. The molecular weight excluding hydrogens is 340 g/mol. The summed E-state index contributed by atoms with van der Waals surface area (Å²) in [5.41, 5.74) is 1.81. The zero-order valence-corrected chi connectivity index (χ0v) is 14.4. The number of hydrogen-bond acceptors (Lipinski definition) is 3. The number of nitrogens with zero attached hydrogens (tertiary/aromatic N) is 4. The van der Waals surface area contributed by atoms with Crippen molar-refractivity contribution in [3.8, 4) is 0 Å². The number of imidazole rings is 1. The van der Waals surface area contributed by atoms with Gasteiger partial charge in [-0.25, -0.2) is 9.97 Å². The highest BCUT2D eigenvalue weighted by Crippen LogP contribution is 2.25. The number of unbranched alkanes of at least 4 members (excludes halogenated alkanes) is 1. The van der Waals surface area contributed by atoms with E-state index in [1.54, 1.807) is 0 Å². The highest BCUT2D eigenvalue weighted by atomic mass is 79.9. The maximum absolute atomic E-state index is 6.25. The van der Waals surface area contributed by atoms with E-state index in [1.165, 1.54) is 0 Å². The van der Waals surface area contributed by atoms with Gasteiger partial charge in [-0.05, 0) is 62.4 Å². The number of fused-ring (bicyclic) bond motifs is 1. The van der Waals surface area contributed by atoms with Crippen LogP contribution in [-0.4, -0.2) is 40.1 Å². The van der Waals surface area contributed by atoms with Crippen LogP contribution in [0.3, 0.4) is 0 Å². The molecule has 0 aliphatic heterocycles. The monoisotopic (exact) mass is 358 g/mol. The normalized spacial score (nSPS) is 13.3. The van der Waals surface area contributed by atoms with Gasteiger partial charge in [-0.2, -0.15) is 0 Å². The van der Waals surface area contributed by atoms with Gasteiger partial charge in [-0.15, -0.1) is 11.6 Å². The zero-order chi connectivity index (χ0) is 14.7. The van der Waals surface area contributed by atoms with Gasteiger partial charge < -0.3 is 9.47 Å². The van der Waals surface area contributed by atoms with E-state index in [1.807, 2.05) is 19.2 Å². The molecule has 0 spiro atoms. The summed E-state index contributed by atoms with van der Waals surface area (Å²) in [6.45, 7) is 3.96. The Kier molecular flexibility index (Phi) is 5.41. The van der Waals surface area contributed by atoms with E-state index in [4.69, 9.17) is 11.6 Å². The van der Waals surface area contributed by atoms with Crippen LogP contribution in [0.2, 0.25) is 0 Å². The number of hydrogen-bond donors (Lipinski definition) is 0. The third kappa shape index (κ3) is 3.71. The lowest BCUT2D eigenvalue weighted by Gasteiger charge is -2.12. The summed E-state index contributed by atoms with van der Waals surface area (Å²) in [6, 6.07) is 1.99. The lowest BCUT2D eigenvalue weighted by Crippen LogP contribution is -2.14. The van der Waals surface area contributed by atoms with Gasteiger partial charge in [0.25, 0.3) is 0 Å². The van der Waals surface area contributed by atoms with Crippen molar-refractivity contribution in [3.05, 3.63) is 22.6 Å². The van der Waals surface area contributed by atoms with Crippen LogP contribution >= 0.6 is 27.5 Å². The molecule has 1 atom stereocenters. The van der Waals surface area contributed by atoms with Crippen LogP contribution < -0.4 is 0 Å². The predicted octanol–water partition coefficient (Wildman–Crippen LogP) is 3.84. The largest absolute Gasteiger partial charge is 0.311 e. The van der Waals surface area contributed by atoms with Crippen LogP contribution in [0.1, 0.15) is 31.0 Å². The average Bonchev–Trinajstić information content (AvgIpc) is 2.72. The molecule has 0 aliphatic carbocycles. The van der Waals surface area contributed by atoms with Crippen molar-refractivity contribution in [3.63, 3.8) is 0 Å². The Morgan fingerprint density at radius 1 is 1.40 bits per heavy atom. The van der Waals surface area contributed by atoms with Gasteiger partial charge in [-0.1, -0.05) is 0 Å². The van der Waals surface area contributed by atoms with Crippen LogP contribution in [0.4, 0.5) is 0 Å². The van der Waals surface area contributed by atoms with Gasteiger partial charge in [-0.3, -0.25) is 0 Å². The number of rotatable bonds is 6. The molecule has 0 aliphatic rings. The molecular formula is C14H20BrClN4. The molecule has 0 radical (unpaired) electrons. The number of pyridine rings is 1. The van der Waals surface area contributed by atoms with Crippen LogP contribution in [0, 0.1) is 0 Å². The second-order valence-corrected chi connectivity index (χ2v) is 6.81.